The molecule has 0 saturated carbocycles. The van der Waals surface area contributed by atoms with Crippen LogP contribution >= 0.6 is 23.5 Å². The fraction of sp³-hybridized carbons (Fsp3) is 0.133. The van der Waals surface area contributed by atoms with Crippen LogP contribution in [0.5, 0.6) is 0 Å². The Kier molecular flexibility index (Phi) is 7.23. The molecule has 0 aliphatic carbocycles. The standard InChI is InChI=1S/C13H10ClNS.C2H6/c14-12-6-8-13(9-7-12)16-15-10-11-4-2-1-3-5-11;1-2/h1-10H;1-2H3/b15-10+;. The smallest absolute Gasteiger partial charge is 0.0428 e. The topological polar surface area (TPSA) is 12.4 Å². The summed E-state index contributed by atoms with van der Waals surface area (Å²) in [5.41, 5.74) is 1.10. The van der Waals surface area contributed by atoms with Crippen LogP contribution in [0.4, 0.5) is 0 Å². The maximum Gasteiger partial charge on any atom is 0.0428 e. The fourth-order valence-corrected chi connectivity index (χ4v) is 1.86. The zero-order chi connectivity index (χ0) is 13.2. The molecular weight excluding hydrogens is 262 g/mol. The van der Waals surface area contributed by atoms with Crippen molar-refractivity contribution in [2.75, 3.05) is 0 Å². The third kappa shape index (κ3) is 5.39. The highest BCUT2D eigenvalue weighted by Crippen LogP contribution is 2.20. The first-order valence-electron chi connectivity index (χ1n) is 5.85. The van der Waals surface area contributed by atoms with E-state index in [0.29, 0.717) is 0 Å². The van der Waals surface area contributed by atoms with Gasteiger partial charge in [0.05, 0.1) is 0 Å². The van der Waals surface area contributed by atoms with Gasteiger partial charge in [-0.2, -0.15) is 0 Å². The lowest BCUT2D eigenvalue weighted by atomic mass is 10.2. The highest BCUT2D eigenvalue weighted by atomic mass is 35.5. The molecule has 0 radical (unpaired) electrons. The zero-order valence-electron chi connectivity index (χ0n) is 10.5. The first-order chi connectivity index (χ1) is 8.84. The van der Waals surface area contributed by atoms with Gasteiger partial charge >= 0.3 is 0 Å². The number of hydrogen-bond donors (Lipinski definition) is 0. The number of halogens is 1. The normalized spacial score (nSPS) is 9.94. The minimum Gasteiger partial charge on any atom is -0.219 e. The van der Waals surface area contributed by atoms with Crippen molar-refractivity contribution in [3.8, 4) is 0 Å². The van der Waals surface area contributed by atoms with E-state index in [2.05, 4.69) is 4.40 Å². The van der Waals surface area contributed by atoms with Gasteiger partial charge in [-0.3, -0.25) is 0 Å². The van der Waals surface area contributed by atoms with Crippen molar-refractivity contribution in [1.82, 2.24) is 0 Å². The van der Waals surface area contributed by atoms with Crippen LogP contribution in [0.1, 0.15) is 19.4 Å². The van der Waals surface area contributed by atoms with E-state index in [4.69, 9.17) is 11.6 Å². The van der Waals surface area contributed by atoms with Crippen molar-refractivity contribution in [3.05, 3.63) is 65.2 Å². The molecule has 3 heteroatoms. The van der Waals surface area contributed by atoms with Crippen molar-refractivity contribution >= 4 is 29.8 Å². The van der Waals surface area contributed by atoms with Gasteiger partial charge < -0.3 is 0 Å². The van der Waals surface area contributed by atoms with Crippen LogP contribution in [0, 0.1) is 0 Å². The average Bonchev–Trinajstić information content (AvgIpc) is 2.44. The lowest BCUT2D eigenvalue weighted by molar-refractivity contribution is 1.46. The average molecular weight is 278 g/mol. The van der Waals surface area contributed by atoms with Crippen LogP contribution in [0.2, 0.25) is 5.02 Å². The molecule has 0 atom stereocenters. The molecule has 18 heavy (non-hydrogen) atoms. The van der Waals surface area contributed by atoms with Gasteiger partial charge in [0.1, 0.15) is 0 Å². The molecule has 0 aliphatic heterocycles. The predicted octanol–water partition coefficient (Wildman–Crippen LogP) is 5.49. The van der Waals surface area contributed by atoms with E-state index < -0.39 is 0 Å². The second-order valence-corrected chi connectivity index (χ2v) is 4.49. The molecule has 0 aromatic heterocycles. The minimum atomic E-state index is 0.747. The van der Waals surface area contributed by atoms with Crippen LogP contribution in [0.15, 0.2) is 63.9 Å². The molecule has 94 valence electrons. The van der Waals surface area contributed by atoms with Gasteiger partial charge in [0.25, 0.3) is 0 Å². The molecule has 2 rings (SSSR count). The second kappa shape index (κ2) is 8.78. The lowest BCUT2D eigenvalue weighted by Crippen LogP contribution is -1.76. The Morgan fingerprint density at radius 3 is 2.17 bits per heavy atom. The molecule has 1 nitrogen and oxygen atoms in total. The third-order valence-corrected chi connectivity index (χ3v) is 2.92. The summed E-state index contributed by atoms with van der Waals surface area (Å²) in [5.74, 6) is 0. The van der Waals surface area contributed by atoms with Crippen LogP contribution in [0.3, 0.4) is 0 Å². The number of benzene rings is 2. The zero-order valence-corrected chi connectivity index (χ0v) is 12.1. The van der Waals surface area contributed by atoms with Gasteiger partial charge in [0.2, 0.25) is 0 Å². The minimum absolute atomic E-state index is 0.747. The van der Waals surface area contributed by atoms with Crippen LogP contribution in [-0.2, 0) is 0 Å². The molecular formula is C15H16ClNS. The Hall–Kier alpha value is -1.25. The predicted molar refractivity (Wildman–Crippen MR) is 82.7 cm³/mol. The molecule has 2 aromatic rings. The molecule has 0 N–H and O–H groups in total. The molecule has 0 unspecified atom stereocenters. The van der Waals surface area contributed by atoms with Crippen LogP contribution in [-0.4, -0.2) is 6.21 Å². The second-order valence-electron chi connectivity index (χ2n) is 3.19. The van der Waals surface area contributed by atoms with Crippen molar-refractivity contribution in [2.24, 2.45) is 4.40 Å². The Bertz CT molecular complexity index is 466. The van der Waals surface area contributed by atoms with E-state index in [-0.39, 0.29) is 0 Å². The van der Waals surface area contributed by atoms with Crippen molar-refractivity contribution in [3.63, 3.8) is 0 Å². The van der Waals surface area contributed by atoms with Crippen LogP contribution < -0.4 is 0 Å². The van der Waals surface area contributed by atoms with E-state index in [1.807, 2.05) is 74.7 Å². The third-order valence-electron chi connectivity index (χ3n) is 1.97. The van der Waals surface area contributed by atoms with Crippen molar-refractivity contribution in [1.29, 1.82) is 0 Å². The molecule has 0 heterocycles. The van der Waals surface area contributed by atoms with E-state index in [1.54, 1.807) is 0 Å². The molecule has 0 saturated heterocycles. The lowest BCUT2D eigenvalue weighted by Gasteiger charge is -1.95. The van der Waals surface area contributed by atoms with Gasteiger partial charge in [-0.15, -0.1) is 0 Å². The SMILES string of the molecule is CC.Clc1ccc(S/N=C/c2ccccc2)cc1. The summed E-state index contributed by atoms with van der Waals surface area (Å²) in [6.07, 6.45) is 1.85. The Morgan fingerprint density at radius 1 is 0.944 bits per heavy atom. The molecule has 2 aromatic carbocycles. The van der Waals surface area contributed by atoms with E-state index in [1.165, 1.54) is 11.9 Å². The van der Waals surface area contributed by atoms with Crippen molar-refractivity contribution < 1.29 is 0 Å². The molecule has 0 amide bonds. The van der Waals surface area contributed by atoms with E-state index >= 15 is 0 Å². The van der Waals surface area contributed by atoms with E-state index in [0.717, 1.165) is 15.5 Å². The van der Waals surface area contributed by atoms with Crippen molar-refractivity contribution in [2.45, 2.75) is 18.7 Å². The molecule has 0 fully saturated rings. The first kappa shape index (κ1) is 14.8. The summed E-state index contributed by atoms with van der Waals surface area (Å²) >= 11 is 7.23. The summed E-state index contributed by atoms with van der Waals surface area (Å²) in [4.78, 5) is 1.08. The highest BCUT2D eigenvalue weighted by Gasteiger charge is 1.91. The number of hydrogen-bond acceptors (Lipinski definition) is 2. The summed E-state index contributed by atoms with van der Waals surface area (Å²) < 4.78 is 4.29. The van der Waals surface area contributed by atoms with E-state index in [9.17, 15) is 0 Å². The van der Waals surface area contributed by atoms with Gasteiger partial charge in [0.15, 0.2) is 0 Å². The fourth-order valence-electron chi connectivity index (χ4n) is 1.18. The quantitative estimate of drug-likeness (QED) is 0.533. The van der Waals surface area contributed by atoms with Crippen LogP contribution in [0.25, 0.3) is 0 Å². The maximum atomic E-state index is 5.79. The monoisotopic (exact) mass is 277 g/mol. The molecule has 0 bridgehead atoms. The Morgan fingerprint density at radius 2 is 1.56 bits per heavy atom. The van der Waals surface area contributed by atoms with Gasteiger partial charge in [-0.25, -0.2) is 4.40 Å². The Labute approximate surface area is 118 Å². The highest BCUT2D eigenvalue weighted by molar-refractivity contribution is 7.98. The summed E-state index contributed by atoms with van der Waals surface area (Å²) in [6, 6.07) is 17.7. The number of rotatable bonds is 3. The summed E-state index contributed by atoms with van der Waals surface area (Å²) in [6.45, 7) is 4.00. The molecule has 0 spiro atoms. The number of nitrogens with zero attached hydrogens (tertiary/aromatic N) is 1. The molecule has 0 aliphatic rings. The maximum absolute atomic E-state index is 5.79. The summed E-state index contributed by atoms with van der Waals surface area (Å²) in [5, 5.41) is 0.747. The Balaban J connectivity index is 0.000000771. The first-order valence-corrected chi connectivity index (χ1v) is 7.01. The largest absolute Gasteiger partial charge is 0.219 e. The van der Waals surface area contributed by atoms with Gasteiger partial charge in [-0.05, 0) is 29.8 Å². The van der Waals surface area contributed by atoms with Gasteiger partial charge in [0, 0.05) is 28.1 Å². The van der Waals surface area contributed by atoms with Gasteiger partial charge in [-0.1, -0.05) is 55.8 Å². The summed E-state index contributed by atoms with van der Waals surface area (Å²) in [7, 11) is 0.